The number of nitrogens with one attached hydrogen (secondary N) is 2. The Morgan fingerprint density at radius 1 is 0.585 bits per heavy atom. The fourth-order valence-electron chi connectivity index (χ4n) is 16.7. The predicted octanol–water partition coefficient (Wildman–Crippen LogP) is 14.0. The number of rotatable bonds is 20. The third kappa shape index (κ3) is 19.3. The number of pyridine rings is 2. The van der Waals surface area contributed by atoms with Crippen LogP contribution < -0.4 is 28.4 Å². The highest BCUT2D eigenvalue weighted by molar-refractivity contribution is 7.92. The van der Waals surface area contributed by atoms with E-state index < -0.39 is 261 Å². The van der Waals surface area contributed by atoms with Gasteiger partial charge in [-0.1, -0.05) is 64.8 Å². The number of esters is 2. The minimum atomic E-state index is -5.54. The molecule has 4 aliphatic carbocycles. The number of nitrogens with zero attached hydrogens (tertiary/aromatic N) is 4. The lowest BCUT2D eigenvalue weighted by Crippen LogP contribution is -2.49. The molecule has 4 saturated carbocycles. The number of Topliss-reactive ketones (excluding diaryl/α,β-unsaturated/α-hetero) is 2. The van der Waals surface area contributed by atoms with Crippen molar-refractivity contribution < 1.29 is 135 Å². The second-order valence-corrected chi connectivity index (χ2v) is 38.5. The molecule has 16 atom stereocenters. The summed E-state index contributed by atoms with van der Waals surface area (Å²) >= 11 is 0. The van der Waals surface area contributed by atoms with Gasteiger partial charge in [-0.2, -0.15) is 26.3 Å². The highest BCUT2D eigenvalue weighted by atomic mass is 32.2. The van der Waals surface area contributed by atoms with Crippen molar-refractivity contribution in [2.45, 2.75) is 255 Å². The lowest BCUT2D eigenvalue weighted by atomic mass is 9.79. The van der Waals surface area contributed by atoms with Gasteiger partial charge in [-0.25, -0.2) is 35.6 Å². The van der Waals surface area contributed by atoms with Gasteiger partial charge in [-0.05, 0) is 201 Å². The summed E-state index contributed by atoms with van der Waals surface area (Å²) in [6, 6.07) is 4.16. The first-order valence-corrected chi connectivity index (χ1v) is 42.4. The average Bonchev–Trinajstić information content (AvgIpc) is 1.56. The number of sulfonamides is 2. The maximum absolute atomic E-state index is 15.2. The summed E-state index contributed by atoms with van der Waals surface area (Å²) in [6.45, 7) is 2.16. The van der Waals surface area contributed by atoms with Crippen molar-refractivity contribution in [1.82, 2.24) is 29.2 Å². The SMILES string of the molecule is [2H]C([2H])([2H])Oc1cc2ccnc(O[C@@H]3C[C@H]4C(=O)C[C@]5(C(=O)NS(=O)(=O)C6(C)CC6)C[C@H]5/C=C\CC[C@@H](C)C[C@@H](CC)[C@H](CC(=O)OC(C)(C([2H])([2H])[2H])C(F)(F)F)C(=O)N4C3)c2cc1F.[2H]C([2H])([2H])Oc1cc2ccnc(O[C@@H]3C[C@H]4C(=O)C[C@]5(C(=O)NS(=O)(=O)C6(C)CC6)C[C@H]5/C=C\CC[C@H](C)C[C@@H](CC)[C@H](CC(=O)OC(C)(C([2H])([2H])[2H])C(F)(F)F)C(=O)N4C3)c2cc1F. The monoisotopic (exact) mass is 1710 g/mol. The van der Waals surface area contributed by atoms with Crippen molar-refractivity contribution in [1.29, 1.82) is 0 Å². The molecule has 6 fully saturated rings. The van der Waals surface area contributed by atoms with E-state index >= 15 is 18.4 Å². The summed E-state index contributed by atoms with van der Waals surface area (Å²) in [5.74, 6) is -17.4. The van der Waals surface area contributed by atoms with Crippen LogP contribution in [0.1, 0.15) is 214 Å². The molecule has 4 aromatic rings. The van der Waals surface area contributed by atoms with Crippen molar-refractivity contribution in [3.63, 3.8) is 0 Å². The maximum Gasteiger partial charge on any atom is 0.427 e. The molecule has 12 rings (SSSR count). The molecule has 2 saturated heterocycles. The molecule has 2 aromatic carbocycles. The van der Waals surface area contributed by atoms with E-state index in [-0.39, 0.29) is 110 Å². The van der Waals surface area contributed by atoms with Gasteiger partial charge in [0.15, 0.2) is 34.7 Å². The standard InChI is InChI=1S/2C42H53F4N3O9S/c2*1-7-25-16-24(2)10-8-9-11-27-21-41(27,38(53)48-59(54,55)40(5)13-14-40)22-33(50)32-18-28(57-36-29-19-31(43)34(56-6)17-26(29)12-15-47-36)23-49(32)37(52)30(25)20-35(51)58-39(3,4)42(44,45)46/h2*9,11-12,15,17,19,24-25,27-28,30,32H,7-8,10,13-14,16,18,20-23H2,1-6H3,(H,48,53)/b2*11-9-/t24-,25+,27+,28+,30-,32-,41+;24-,25-,27-,28-,30+,32+,41-/m01/s1/i2*3D3,6D3/t24-,25+,27+,28+,30-,32-,39?,41+;24-,25-,27-,28-,30+,32+,39?,41-. The van der Waals surface area contributed by atoms with Gasteiger partial charge in [-0.15, -0.1) is 0 Å². The fourth-order valence-corrected chi connectivity index (χ4v) is 19.3. The Bertz CT molecular complexity index is 4980. The summed E-state index contributed by atoms with van der Waals surface area (Å²) in [5, 5.41) is 0.600. The molecule has 8 aliphatic rings. The number of carbonyl (C=O) groups is 8. The number of carbonyl (C=O) groups excluding carboxylic acids is 8. The van der Waals surface area contributed by atoms with Crippen LogP contribution in [0.4, 0.5) is 35.1 Å². The van der Waals surface area contributed by atoms with Crippen molar-refractivity contribution in [3.8, 4) is 23.3 Å². The van der Waals surface area contributed by atoms with Gasteiger partial charge in [0, 0.05) is 57.1 Å². The van der Waals surface area contributed by atoms with E-state index in [1.54, 1.807) is 26.0 Å². The molecule has 4 aliphatic heterocycles. The third-order valence-corrected chi connectivity index (χ3v) is 29.4. The number of hydrogen-bond donors (Lipinski definition) is 2. The van der Waals surface area contributed by atoms with Crippen molar-refractivity contribution >= 4 is 88.7 Å². The number of hydrogen-bond acceptors (Lipinski definition) is 20. The lowest BCUT2D eigenvalue weighted by Gasteiger charge is -2.34. The zero-order valence-corrected chi connectivity index (χ0v) is 68.0. The molecule has 0 radical (unpaired) electrons. The topological polar surface area (TPSA) is 317 Å². The normalized spacial score (nSPS) is 32.1. The third-order valence-electron chi connectivity index (χ3n) is 25.1. The number of amides is 4. The molecule has 4 amide bonds. The van der Waals surface area contributed by atoms with Gasteiger partial charge >= 0.3 is 24.3 Å². The van der Waals surface area contributed by atoms with Crippen LogP contribution in [0.5, 0.6) is 23.3 Å². The predicted molar refractivity (Wildman–Crippen MR) is 416 cm³/mol. The largest absolute Gasteiger partial charge is 0.494 e. The summed E-state index contributed by atoms with van der Waals surface area (Å²) < 4.78 is 293. The van der Waals surface area contributed by atoms with Crippen LogP contribution >= 0.6 is 0 Å². The fraction of sp³-hybridized carbons (Fsp3) is 0.643. The second-order valence-electron chi connectivity index (χ2n) is 34.1. The van der Waals surface area contributed by atoms with Gasteiger partial charge in [0.25, 0.3) is 0 Å². The first-order valence-electron chi connectivity index (χ1n) is 45.5. The Labute approximate surface area is 698 Å². The summed E-state index contributed by atoms with van der Waals surface area (Å²) in [4.78, 5) is 126. The Hall–Kier alpha value is -8.56. The Morgan fingerprint density at radius 2 is 0.958 bits per heavy atom. The van der Waals surface area contributed by atoms with Gasteiger partial charge in [0.1, 0.15) is 12.2 Å². The van der Waals surface area contributed by atoms with Gasteiger partial charge in [0.2, 0.25) is 66.6 Å². The first-order chi connectivity index (χ1) is 59.9. The van der Waals surface area contributed by atoms with Crippen molar-refractivity contribution in [2.24, 2.45) is 58.2 Å². The van der Waals surface area contributed by atoms with Crippen molar-refractivity contribution in [3.05, 3.63) is 84.7 Å². The molecule has 0 spiro atoms. The van der Waals surface area contributed by atoms with Crippen LogP contribution in [-0.4, -0.2) is 168 Å². The molecule has 648 valence electrons. The summed E-state index contributed by atoms with van der Waals surface area (Å²) in [7, 11) is -14.2. The quantitative estimate of drug-likeness (QED) is 0.0472. The molecule has 0 bridgehead atoms. The number of ketones is 2. The average molecular weight is 1720 g/mol. The second kappa shape index (κ2) is 34.2. The number of ether oxygens (including phenoxy) is 6. The Balaban J connectivity index is 0.000000251. The molecule has 118 heavy (non-hydrogen) atoms. The van der Waals surface area contributed by atoms with Gasteiger partial charge in [-0.3, -0.25) is 47.8 Å². The van der Waals surface area contributed by atoms with E-state index in [4.69, 9.17) is 44.9 Å². The molecule has 2 unspecified atom stereocenters. The number of alkyl halides is 6. The smallest absolute Gasteiger partial charge is 0.427 e. The number of methoxy groups -OCH3 is 2. The number of benzene rings is 2. The molecular formula is C84H106F8N6O18S2. The minimum Gasteiger partial charge on any atom is -0.494 e. The maximum atomic E-state index is 15.2. The van der Waals surface area contributed by atoms with Crippen LogP contribution in [-0.2, 0) is 67.9 Å². The lowest BCUT2D eigenvalue weighted by molar-refractivity contribution is -0.257. The summed E-state index contributed by atoms with van der Waals surface area (Å²) in [5.41, 5.74) is -10.9. The molecule has 34 heteroatoms. The Morgan fingerprint density at radius 3 is 1.29 bits per heavy atom. The first kappa shape index (κ1) is 74.5. The summed E-state index contributed by atoms with van der Waals surface area (Å²) in [6.07, 6.45) is -2.54. The van der Waals surface area contributed by atoms with E-state index in [0.29, 0.717) is 51.4 Å². The zero-order chi connectivity index (χ0) is 96.6. The number of allylic oxidation sites excluding steroid dienone is 4. The van der Waals surface area contributed by atoms with Crippen LogP contribution in [0, 0.1) is 69.8 Å². The highest BCUT2D eigenvalue weighted by Gasteiger charge is 2.65. The van der Waals surface area contributed by atoms with Gasteiger partial charge < -0.3 is 38.2 Å². The number of fused-ring (bicyclic) bond motifs is 6. The molecular weight excluding hydrogens is 1600 g/mol. The van der Waals surface area contributed by atoms with E-state index in [1.807, 2.05) is 26.0 Å². The molecule has 24 nitrogen and oxygen atoms in total. The van der Waals surface area contributed by atoms with E-state index in [0.717, 1.165) is 34.1 Å². The van der Waals surface area contributed by atoms with Gasteiger partial charge in [0.05, 0.1) is 92.5 Å². The van der Waals surface area contributed by atoms with Crippen LogP contribution in [0.15, 0.2) is 73.1 Å². The van der Waals surface area contributed by atoms with Crippen LogP contribution in [0.2, 0.25) is 0 Å². The van der Waals surface area contributed by atoms with Crippen molar-refractivity contribution in [2.75, 3.05) is 27.2 Å². The van der Waals surface area contributed by atoms with E-state index in [1.165, 1.54) is 38.4 Å². The minimum absolute atomic E-state index is 0.0569. The van der Waals surface area contributed by atoms with E-state index in [2.05, 4.69) is 19.4 Å². The zero-order valence-electron chi connectivity index (χ0n) is 78.4. The number of aromatic nitrogens is 2. The molecule has 2 N–H and O–H groups in total. The molecule has 6 heterocycles. The van der Waals surface area contributed by atoms with Crippen LogP contribution in [0.25, 0.3) is 21.5 Å². The molecule has 2 aromatic heterocycles. The Kier molecular flexibility index (Phi) is 21.6. The number of halogens is 8. The van der Waals surface area contributed by atoms with E-state index in [9.17, 15) is 71.9 Å². The highest BCUT2D eigenvalue weighted by Crippen LogP contribution is 2.60. The van der Waals surface area contributed by atoms with Crippen LogP contribution in [0.3, 0.4) is 0 Å².